The maximum absolute atomic E-state index is 6.01. The number of aliphatic imine (C=N–C) groups is 1. The minimum absolute atomic E-state index is 0. The van der Waals surface area contributed by atoms with Crippen molar-refractivity contribution in [1.82, 2.24) is 20.3 Å². The topological polar surface area (TPSA) is 66.1 Å². The molecule has 1 aliphatic heterocycles. The number of rotatable bonds is 8. The van der Waals surface area contributed by atoms with Gasteiger partial charge in [0.2, 0.25) is 0 Å². The van der Waals surface area contributed by atoms with E-state index in [2.05, 4.69) is 51.2 Å². The van der Waals surface area contributed by atoms with Gasteiger partial charge in [0.15, 0.2) is 5.96 Å². The molecule has 2 heterocycles. The molecule has 1 aromatic heterocycles. The molecule has 0 unspecified atom stereocenters. The summed E-state index contributed by atoms with van der Waals surface area (Å²) in [5, 5.41) is 7.51. The van der Waals surface area contributed by atoms with Gasteiger partial charge < -0.3 is 19.5 Å². The van der Waals surface area contributed by atoms with E-state index in [1.807, 2.05) is 25.2 Å². The van der Waals surface area contributed by atoms with Crippen molar-refractivity contribution in [2.75, 3.05) is 39.8 Å². The zero-order valence-electron chi connectivity index (χ0n) is 18.2. The fourth-order valence-electron chi connectivity index (χ4n) is 3.37. The highest BCUT2D eigenvalue weighted by Crippen LogP contribution is 2.19. The van der Waals surface area contributed by atoms with E-state index in [1.165, 1.54) is 0 Å². The largest absolute Gasteiger partial charge is 0.493 e. The first-order valence-corrected chi connectivity index (χ1v) is 10.4. The molecule has 0 atom stereocenters. The van der Waals surface area contributed by atoms with E-state index in [0.29, 0.717) is 12.5 Å². The molecular weight excluding hydrogens is 493 g/mol. The molecular formula is C22H34IN5O2. The van der Waals surface area contributed by atoms with Gasteiger partial charge in [-0.15, -0.1) is 24.0 Å². The van der Waals surface area contributed by atoms with Gasteiger partial charge in [-0.25, -0.2) is 0 Å². The number of piperazine rings is 1. The Morgan fingerprint density at radius 2 is 1.97 bits per heavy atom. The molecule has 2 aromatic rings. The highest BCUT2D eigenvalue weighted by atomic mass is 127. The summed E-state index contributed by atoms with van der Waals surface area (Å²) in [6, 6.07) is 10.2. The second-order valence-corrected chi connectivity index (χ2v) is 7.79. The van der Waals surface area contributed by atoms with Crippen LogP contribution in [-0.2, 0) is 13.1 Å². The predicted octanol–water partition coefficient (Wildman–Crippen LogP) is 3.61. The number of nitrogens with one attached hydrogen (secondary N) is 1. The van der Waals surface area contributed by atoms with Gasteiger partial charge in [-0.1, -0.05) is 37.2 Å². The van der Waals surface area contributed by atoms with Crippen molar-refractivity contribution in [1.29, 1.82) is 0 Å². The molecule has 3 rings (SSSR count). The second kappa shape index (κ2) is 12.8. The molecule has 166 valence electrons. The van der Waals surface area contributed by atoms with Crippen molar-refractivity contribution in [3.63, 3.8) is 0 Å². The third kappa shape index (κ3) is 7.46. The maximum Gasteiger partial charge on any atom is 0.194 e. The monoisotopic (exact) mass is 527 g/mol. The SMILES string of the molecule is CN=C(NCc1ccccc1OCCC(C)C)N1CCN(Cc2ccon2)CC1.I. The summed E-state index contributed by atoms with van der Waals surface area (Å²) in [6.07, 6.45) is 2.68. The molecule has 8 heteroatoms. The number of halogens is 1. The molecule has 0 amide bonds. The normalized spacial score (nSPS) is 15.2. The Labute approximate surface area is 196 Å². The van der Waals surface area contributed by atoms with Crippen molar-refractivity contribution >= 4 is 29.9 Å². The number of hydrogen-bond donors (Lipinski definition) is 1. The van der Waals surface area contributed by atoms with Crippen LogP contribution in [0.15, 0.2) is 46.1 Å². The van der Waals surface area contributed by atoms with Crippen molar-refractivity contribution in [3.05, 3.63) is 47.9 Å². The molecule has 1 saturated heterocycles. The number of para-hydroxylation sites is 1. The molecule has 0 bridgehead atoms. The lowest BCUT2D eigenvalue weighted by atomic mass is 10.1. The van der Waals surface area contributed by atoms with Gasteiger partial charge >= 0.3 is 0 Å². The standard InChI is InChI=1S/C22H33N5O2.HI/c1-18(2)8-14-28-21-7-5-4-6-19(21)16-24-22(23-3)27-12-10-26(11-13-27)17-20-9-15-29-25-20;/h4-7,9,15,18H,8,10-14,16-17H2,1-3H3,(H,23,24);1H. The predicted molar refractivity (Wildman–Crippen MR) is 130 cm³/mol. The van der Waals surface area contributed by atoms with Crippen LogP contribution in [0.1, 0.15) is 31.5 Å². The Bertz CT molecular complexity index is 759. The van der Waals surface area contributed by atoms with E-state index >= 15 is 0 Å². The number of nitrogens with zero attached hydrogens (tertiary/aromatic N) is 4. The van der Waals surface area contributed by atoms with E-state index in [-0.39, 0.29) is 24.0 Å². The highest BCUT2D eigenvalue weighted by molar-refractivity contribution is 14.0. The van der Waals surface area contributed by atoms with Crippen LogP contribution < -0.4 is 10.1 Å². The number of guanidine groups is 1. The summed E-state index contributed by atoms with van der Waals surface area (Å²) in [7, 11) is 1.84. The average molecular weight is 527 g/mol. The van der Waals surface area contributed by atoms with Crippen LogP contribution in [0.25, 0.3) is 0 Å². The third-order valence-corrected chi connectivity index (χ3v) is 5.12. The molecule has 1 fully saturated rings. The molecule has 0 radical (unpaired) electrons. The van der Waals surface area contributed by atoms with Crippen LogP contribution >= 0.6 is 24.0 Å². The average Bonchev–Trinajstić information content (AvgIpc) is 3.23. The lowest BCUT2D eigenvalue weighted by Crippen LogP contribution is -2.52. The van der Waals surface area contributed by atoms with Gasteiger partial charge in [0, 0.05) is 57.9 Å². The number of ether oxygens (including phenoxy) is 1. The van der Waals surface area contributed by atoms with Crippen LogP contribution in [0, 0.1) is 5.92 Å². The van der Waals surface area contributed by atoms with Crippen LogP contribution in [0.3, 0.4) is 0 Å². The van der Waals surface area contributed by atoms with Crippen LogP contribution in [-0.4, -0.2) is 60.7 Å². The zero-order chi connectivity index (χ0) is 20.5. The van der Waals surface area contributed by atoms with Crippen LogP contribution in [0.4, 0.5) is 0 Å². The molecule has 0 spiro atoms. The quantitative estimate of drug-likeness (QED) is 0.322. The molecule has 30 heavy (non-hydrogen) atoms. The van der Waals surface area contributed by atoms with Gasteiger partial charge in [-0.2, -0.15) is 0 Å². The first-order chi connectivity index (χ1) is 14.2. The number of aromatic nitrogens is 1. The lowest BCUT2D eigenvalue weighted by Gasteiger charge is -2.36. The summed E-state index contributed by atoms with van der Waals surface area (Å²) in [4.78, 5) is 9.18. The Kier molecular flexibility index (Phi) is 10.4. The summed E-state index contributed by atoms with van der Waals surface area (Å²) >= 11 is 0. The maximum atomic E-state index is 6.01. The smallest absolute Gasteiger partial charge is 0.194 e. The molecule has 1 aromatic carbocycles. The Balaban J connectivity index is 0.00000320. The van der Waals surface area contributed by atoms with E-state index in [1.54, 1.807) is 6.26 Å². The van der Waals surface area contributed by atoms with Crippen molar-refractivity contribution in [3.8, 4) is 5.75 Å². The first kappa shape index (κ1) is 24.5. The van der Waals surface area contributed by atoms with Crippen LogP contribution in [0.5, 0.6) is 5.75 Å². The Hall–Kier alpha value is -1.81. The van der Waals surface area contributed by atoms with E-state index in [0.717, 1.165) is 68.7 Å². The van der Waals surface area contributed by atoms with Gasteiger partial charge in [0.25, 0.3) is 0 Å². The van der Waals surface area contributed by atoms with Gasteiger partial charge in [0.1, 0.15) is 12.0 Å². The Morgan fingerprint density at radius 1 is 1.20 bits per heavy atom. The minimum Gasteiger partial charge on any atom is -0.493 e. The zero-order valence-corrected chi connectivity index (χ0v) is 20.5. The van der Waals surface area contributed by atoms with Gasteiger partial charge in [-0.3, -0.25) is 9.89 Å². The van der Waals surface area contributed by atoms with E-state index < -0.39 is 0 Å². The van der Waals surface area contributed by atoms with Gasteiger partial charge in [-0.05, 0) is 18.4 Å². The molecule has 0 saturated carbocycles. The summed E-state index contributed by atoms with van der Waals surface area (Å²) < 4.78 is 10.9. The first-order valence-electron chi connectivity index (χ1n) is 10.4. The third-order valence-electron chi connectivity index (χ3n) is 5.12. The Morgan fingerprint density at radius 3 is 2.63 bits per heavy atom. The minimum atomic E-state index is 0. The van der Waals surface area contributed by atoms with Crippen LogP contribution in [0.2, 0.25) is 0 Å². The summed E-state index contributed by atoms with van der Waals surface area (Å²) in [5.74, 6) is 2.53. The fraction of sp³-hybridized carbons (Fsp3) is 0.545. The van der Waals surface area contributed by atoms with Gasteiger partial charge in [0.05, 0.1) is 12.3 Å². The molecule has 7 nitrogen and oxygen atoms in total. The molecule has 1 aliphatic rings. The fourth-order valence-corrected chi connectivity index (χ4v) is 3.37. The number of hydrogen-bond acceptors (Lipinski definition) is 5. The molecule has 1 N–H and O–H groups in total. The molecule has 0 aliphatic carbocycles. The van der Waals surface area contributed by atoms with Crippen molar-refractivity contribution < 1.29 is 9.26 Å². The lowest BCUT2D eigenvalue weighted by molar-refractivity contribution is 0.169. The second-order valence-electron chi connectivity index (χ2n) is 7.79. The van der Waals surface area contributed by atoms with E-state index in [9.17, 15) is 0 Å². The van der Waals surface area contributed by atoms with E-state index in [4.69, 9.17) is 9.26 Å². The van der Waals surface area contributed by atoms with Crippen molar-refractivity contribution in [2.45, 2.75) is 33.4 Å². The van der Waals surface area contributed by atoms with Crippen molar-refractivity contribution in [2.24, 2.45) is 10.9 Å². The highest BCUT2D eigenvalue weighted by Gasteiger charge is 2.20. The number of benzene rings is 1. The summed E-state index contributed by atoms with van der Waals surface area (Å²) in [5.41, 5.74) is 2.14. The summed E-state index contributed by atoms with van der Waals surface area (Å²) in [6.45, 7) is 10.5.